The van der Waals surface area contributed by atoms with Gasteiger partial charge in [-0.1, -0.05) is 28.1 Å². The van der Waals surface area contributed by atoms with Crippen LogP contribution in [-0.2, 0) is 11.2 Å². The Kier molecular flexibility index (Phi) is 6.32. The molecule has 0 aromatic heterocycles. The monoisotopic (exact) mass is 432 g/mol. The minimum absolute atomic E-state index is 0.0100. The molecule has 2 aromatic rings. The molecule has 27 heavy (non-hydrogen) atoms. The maximum atomic E-state index is 14.4. The Balaban J connectivity index is 1.73. The van der Waals surface area contributed by atoms with Gasteiger partial charge in [0.15, 0.2) is 11.6 Å². The SMILES string of the molecule is Cc1cc(OCC2=C(c3ccc(Br)cc3)CCC2)c(F)cc1CCC(=O)O. The lowest BCUT2D eigenvalue weighted by molar-refractivity contribution is -0.136. The van der Waals surface area contributed by atoms with E-state index < -0.39 is 11.8 Å². The molecule has 0 aliphatic heterocycles. The van der Waals surface area contributed by atoms with Crippen LogP contribution in [0.25, 0.3) is 5.57 Å². The van der Waals surface area contributed by atoms with E-state index in [2.05, 4.69) is 28.1 Å². The van der Waals surface area contributed by atoms with Gasteiger partial charge in [0.05, 0.1) is 0 Å². The number of halogens is 2. The average Bonchev–Trinajstić information content (AvgIpc) is 3.10. The fourth-order valence-electron chi connectivity index (χ4n) is 3.45. The first-order valence-electron chi connectivity index (χ1n) is 9.04. The van der Waals surface area contributed by atoms with Gasteiger partial charge in [0.25, 0.3) is 0 Å². The molecule has 0 saturated heterocycles. The molecule has 2 aromatic carbocycles. The summed E-state index contributed by atoms with van der Waals surface area (Å²) in [4.78, 5) is 10.7. The van der Waals surface area contributed by atoms with Gasteiger partial charge < -0.3 is 9.84 Å². The molecule has 0 saturated carbocycles. The summed E-state index contributed by atoms with van der Waals surface area (Å²) < 4.78 is 21.2. The van der Waals surface area contributed by atoms with Crippen LogP contribution < -0.4 is 4.74 Å². The molecule has 1 aliphatic carbocycles. The van der Waals surface area contributed by atoms with Crippen molar-refractivity contribution in [2.45, 2.75) is 39.0 Å². The van der Waals surface area contributed by atoms with Gasteiger partial charge in [-0.15, -0.1) is 0 Å². The van der Waals surface area contributed by atoms with Crippen LogP contribution in [0.5, 0.6) is 5.75 Å². The predicted octanol–water partition coefficient (Wildman–Crippen LogP) is 5.93. The van der Waals surface area contributed by atoms with E-state index in [9.17, 15) is 9.18 Å². The van der Waals surface area contributed by atoms with Gasteiger partial charge in [-0.25, -0.2) is 4.39 Å². The lowest BCUT2D eigenvalue weighted by atomic mass is 10.0. The van der Waals surface area contributed by atoms with E-state index in [0.29, 0.717) is 18.6 Å². The Morgan fingerprint density at radius 2 is 1.96 bits per heavy atom. The third kappa shape index (κ3) is 4.98. The molecule has 0 atom stereocenters. The van der Waals surface area contributed by atoms with Gasteiger partial charge in [0.2, 0.25) is 0 Å². The zero-order chi connectivity index (χ0) is 19.4. The summed E-state index contributed by atoms with van der Waals surface area (Å²) in [6, 6.07) is 11.3. The largest absolute Gasteiger partial charge is 0.486 e. The molecule has 3 nitrogen and oxygen atoms in total. The molecule has 0 bridgehead atoms. The van der Waals surface area contributed by atoms with Gasteiger partial charge in [-0.2, -0.15) is 0 Å². The van der Waals surface area contributed by atoms with Crippen molar-refractivity contribution in [3.05, 3.63) is 69.0 Å². The fraction of sp³-hybridized carbons (Fsp3) is 0.318. The Morgan fingerprint density at radius 3 is 2.67 bits per heavy atom. The number of carboxylic acid groups (broad SMARTS) is 1. The molecule has 3 rings (SSSR count). The highest BCUT2D eigenvalue weighted by atomic mass is 79.9. The second kappa shape index (κ2) is 8.70. The van der Waals surface area contributed by atoms with Crippen molar-refractivity contribution >= 4 is 27.5 Å². The molecular formula is C22H22BrFO3. The minimum Gasteiger partial charge on any atom is -0.486 e. The van der Waals surface area contributed by atoms with Crippen molar-refractivity contribution in [3.8, 4) is 5.75 Å². The number of hydrogen-bond acceptors (Lipinski definition) is 2. The van der Waals surface area contributed by atoms with Crippen molar-refractivity contribution < 1.29 is 19.0 Å². The number of aryl methyl sites for hydroxylation is 2. The van der Waals surface area contributed by atoms with Gasteiger partial charge in [0.1, 0.15) is 6.61 Å². The Morgan fingerprint density at radius 1 is 1.22 bits per heavy atom. The Hall–Kier alpha value is -2.14. The molecule has 142 valence electrons. The average molecular weight is 433 g/mol. The third-order valence-electron chi connectivity index (χ3n) is 4.93. The molecule has 0 radical (unpaired) electrons. The zero-order valence-corrected chi connectivity index (χ0v) is 16.8. The summed E-state index contributed by atoms with van der Waals surface area (Å²) in [7, 11) is 0. The summed E-state index contributed by atoms with van der Waals surface area (Å²) in [6.07, 6.45) is 3.36. The maximum absolute atomic E-state index is 14.4. The first-order valence-corrected chi connectivity index (χ1v) is 9.84. The van der Waals surface area contributed by atoms with Crippen molar-refractivity contribution in [1.29, 1.82) is 0 Å². The standard InChI is InChI=1S/C22H22BrFO3/c1-14-11-21(20(24)12-16(14)7-10-22(25)26)27-13-17-3-2-4-19(17)15-5-8-18(23)9-6-15/h5-6,8-9,11-12H,2-4,7,10,13H2,1H3,(H,25,26). The number of hydrogen-bond donors (Lipinski definition) is 1. The van der Waals surface area contributed by atoms with E-state index in [4.69, 9.17) is 9.84 Å². The highest BCUT2D eigenvalue weighted by Gasteiger charge is 2.18. The smallest absolute Gasteiger partial charge is 0.303 e. The number of carbonyl (C=O) groups is 1. The summed E-state index contributed by atoms with van der Waals surface area (Å²) in [6.45, 7) is 2.22. The lowest BCUT2D eigenvalue weighted by Gasteiger charge is -2.13. The van der Waals surface area contributed by atoms with Crippen molar-refractivity contribution in [2.75, 3.05) is 6.61 Å². The first kappa shape index (κ1) is 19.6. The molecule has 0 heterocycles. The van der Waals surface area contributed by atoms with Gasteiger partial charge >= 0.3 is 5.97 Å². The highest BCUT2D eigenvalue weighted by molar-refractivity contribution is 9.10. The molecule has 0 unspecified atom stereocenters. The molecule has 5 heteroatoms. The van der Waals surface area contributed by atoms with Crippen LogP contribution in [0.15, 0.2) is 46.4 Å². The van der Waals surface area contributed by atoms with Crippen molar-refractivity contribution in [3.63, 3.8) is 0 Å². The van der Waals surface area contributed by atoms with E-state index >= 15 is 0 Å². The van der Waals surface area contributed by atoms with Gasteiger partial charge in [0, 0.05) is 10.9 Å². The van der Waals surface area contributed by atoms with Crippen molar-refractivity contribution in [2.24, 2.45) is 0 Å². The summed E-state index contributed by atoms with van der Waals surface area (Å²) in [5, 5.41) is 8.80. The second-order valence-electron chi connectivity index (χ2n) is 6.83. The third-order valence-corrected chi connectivity index (χ3v) is 5.45. The Labute approximate surface area is 167 Å². The number of ether oxygens (including phenoxy) is 1. The molecular weight excluding hydrogens is 411 g/mol. The normalized spacial score (nSPS) is 13.9. The second-order valence-corrected chi connectivity index (χ2v) is 7.75. The molecule has 1 aliphatic rings. The topological polar surface area (TPSA) is 46.5 Å². The summed E-state index contributed by atoms with van der Waals surface area (Å²) in [5.41, 5.74) is 5.25. The zero-order valence-electron chi connectivity index (χ0n) is 15.2. The van der Waals surface area contributed by atoms with Crippen LogP contribution in [0.3, 0.4) is 0 Å². The fourth-order valence-corrected chi connectivity index (χ4v) is 3.71. The quantitative estimate of drug-likeness (QED) is 0.589. The van der Waals surface area contributed by atoms with E-state index in [1.54, 1.807) is 6.07 Å². The van der Waals surface area contributed by atoms with Crippen LogP contribution in [0.4, 0.5) is 4.39 Å². The van der Waals surface area contributed by atoms with E-state index in [0.717, 1.165) is 29.3 Å². The number of aliphatic carboxylic acids is 1. The molecule has 1 N–H and O–H groups in total. The maximum Gasteiger partial charge on any atom is 0.303 e. The molecule has 0 fully saturated rings. The number of benzene rings is 2. The molecule has 0 spiro atoms. The van der Waals surface area contributed by atoms with E-state index in [1.807, 2.05) is 19.1 Å². The predicted molar refractivity (Wildman–Crippen MR) is 108 cm³/mol. The van der Waals surface area contributed by atoms with E-state index in [1.165, 1.54) is 22.8 Å². The first-order chi connectivity index (χ1) is 12.9. The van der Waals surface area contributed by atoms with Crippen LogP contribution in [-0.4, -0.2) is 17.7 Å². The Bertz CT molecular complexity index is 872. The lowest BCUT2D eigenvalue weighted by Crippen LogP contribution is -2.05. The number of allylic oxidation sites excluding steroid dienone is 1. The number of carboxylic acids is 1. The van der Waals surface area contributed by atoms with E-state index in [-0.39, 0.29) is 12.2 Å². The van der Waals surface area contributed by atoms with Crippen LogP contribution in [0.2, 0.25) is 0 Å². The molecule has 0 amide bonds. The van der Waals surface area contributed by atoms with Crippen LogP contribution >= 0.6 is 15.9 Å². The van der Waals surface area contributed by atoms with Crippen LogP contribution in [0, 0.1) is 12.7 Å². The van der Waals surface area contributed by atoms with Crippen LogP contribution in [0.1, 0.15) is 42.4 Å². The summed E-state index contributed by atoms with van der Waals surface area (Å²) in [5.74, 6) is -1.10. The van der Waals surface area contributed by atoms with Gasteiger partial charge in [-0.3, -0.25) is 4.79 Å². The van der Waals surface area contributed by atoms with Gasteiger partial charge in [-0.05, 0) is 84.7 Å². The summed E-state index contributed by atoms with van der Waals surface area (Å²) >= 11 is 3.45. The highest BCUT2D eigenvalue weighted by Crippen LogP contribution is 2.35. The number of rotatable bonds is 7. The van der Waals surface area contributed by atoms with Crippen molar-refractivity contribution in [1.82, 2.24) is 0 Å². The minimum atomic E-state index is -0.885.